The fourth-order valence-electron chi connectivity index (χ4n) is 2.46. The van der Waals surface area contributed by atoms with E-state index in [2.05, 4.69) is 16.8 Å². The lowest BCUT2D eigenvalue weighted by Gasteiger charge is -2.10. The van der Waals surface area contributed by atoms with Crippen LogP contribution in [-0.4, -0.2) is 38.2 Å². The van der Waals surface area contributed by atoms with Gasteiger partial charge in [-0.2, -0.15) is 0 Å². The molecule has 1 aromatic heterocycles. The first-order valence-corrected chi connectivity index (χ1v) is 9.55. The molecule has 26 heavy (non-hydrogen) atoms. The third-order valence-electron chi connectivity index (χ3n) is 3.65. The Labute approximate surface area is 162 Å². The summed E-state index contributed by atoms with van der Waals surface area (Å²) in [6.45, 7) is 8.73. The molecule has 0 saturated carbocycles. The van der Waals surface area contributed by atoms with Crippen molar-refractivity contribution in [2.45, 2.75) is 38.4 Å². The van der Waals surface area contributed by atoms with Gasteiger partial charge in [0, 0.05) is 18.0 Å². The second-order valence-corrected chi connectivity index (χ2v) is 7.12. The topological polar surface area (TPSA) is 77.2 Å². The largest absolute Gasteiger partial charge is 0.494 e. The van der Waals surface area contributed by atoms with Gasteiger partial charge in [-0.3, -0.25) is 4.79 Å². The number of halogens is 1. The summed E-state index contributed by atoms with van der Waals surface area (Å²) in [5.74, 6) is 0.666. The van der Waals surface area contributed by atoms with E-state index >= 15 is 0 Å². The van der Waals surface area contributed by atoms with Gasteiger partial charge in [0.05, 0.1) is 12.4 Å². The predicted molar refractivity (Wildman–Crippen MR) is 103 cm³/mol. The number of allylic oxidation sites excluding steroid dienone is 1. The Hall–Kier alpha value is -1.99. The molecule has 0 atom stereocenters. The maximum atomic E-state index is 10.7. The Morgan fingerprint density at radius 2 is 2.08 bits per heavy atom. The van der Waals surface area contributed by atoms with Gasteiger partial charge in [-0.1, -0.05) is 29.4 Å². The molecule has 0 unspecified atom stereocenters. The van der Waals surface area contributed by atoms with Crippen molar-refractivity contribution >= 4 is 29.3 Å². The third kappa shape index (κ3) is 5.51. The number of hydrogen-bond donors (Lipinski definition) is 1. The number of nitrogens with zero attached hydrogens (tertiary/aromatic N) is 3. The number of aliphatic carboxylic acids is 1. The van der Waals surface area contributed by atoms with Crippen molar-refractivity contribution in [1.82, 2.24) is 14.8 Å². The van der Waals surface area contributed by atoms with Crippen LogP contribution in [0.25, 0.3) is 0 Å². The molecule has 0 aliphatic rings. The van der Waals surface area contributed by atoms with E-state index in [4.69, 9.17) is 21.4 Å². The molecule has 0 spiro atoms. The maximum absolute atomic E-state index is 10.7. The van der Waals surface area contributed by atoms with Crippen molar-refractivity contribution in [2.75, 3.05) is 12.4 Å². The third-order valence-corrected chi connectivity index (χ3v) is 5.20. The normalized spacial score (nSPS) is 10.7. The molecule has 2 aromatic rings. The smallest absolute Gasteiger partial charge is 0.313 e. The molecule has 0 radical (unpaired) electrons. The fourth-order valence-corrected chi connectivity index (χ4v) is 3.26. The molecule has 2 rings (SSSR count). The Balaban J connectivity index is 1.92. The minimum Gasteiger partial charge on any atom is -0.494 e. The van der Waals surface area contributed by atoms with Gasteiger partial charge in [-0.05, 0) is 43.5 Å². The number of aromatic nitrogens is 3. The van der Waals surface area contributed by atoms with Crippen molar-refractivity contribution in [1.29, 1.82) is 0 Å². The lowest BCUT2D eigenvalue weighted by Crippen LogP contribution is -2.08. The van der Waals surface area contributed by atoms with Crippen LogP contribution in [0.1, 0.15) is 23.4 Å². The average Bonchev–Trinajstić information content (AvgIpc) is 2.97. The molecule has 0 aliphatic carbocycles. The number of benzene rings is 1. The number of carbonyl (C=O) groups is 1. The van der Waals surface area contributed by atoms with E-state index in [1.54, 1.807) is 6.08 Å². The summed E-state index contributed by atoms with van der Waals surface area (Å²) >= 11 is 7.32. The Kier molecular flexibility index (Phi) is 7.53. The maximum Gasteiger partial charge on any atom is 0.313 e. The van der Waals surface area contributed by atoms with Gasteiger partial charge < -0.3 is 14.4 Å². The minimum absolute atomic E-state index is 0.0480. The second kappa shape index (κ2) is 9.64. The molecular formula is C18H22ClN3O3S. The van der Waals surface area contributed by atoms with Crippen molar-refractivity contribution < 1.29 is 14.6 Å². The second-order valence-electron chi connectivity index (χ2n) is 5.80. The molecule has 1 N–H and O–H groups in total. The number of thioether (sulfide) groups is 1. The van der Waals surface area contributed by atoms with Gasteiger partial charge >= 0.3 is 5.97 Å². The molecule has 0 aliphatic heterocycles. The summed E-state index contributed by atoms with van der Waals surface area (Å²) in [6.07, 6.45) is 3.19. The highest BCUT2D eigenvalue weighted by Gasteiger charge is 2.13. The van der Waals surface area contributed by atoms with Gasteiger partial charge in [0.25, 0.3) is 0 Å². The molecule has 0 fully saturated rings. The van der Waals surface area contributed by atoms with Gasteiger partial charge in [-0.25, -0.2) is 0 Å². The van der Waals surface area contributed by atoms with Crippen LogP contribution in [0.5, 0.6) is 5.75 Å². The highest BCUT2D eigenvalue weighted by atomic mass is 35.5. The van der Waals surface area contributed by atoms with Crippen molar-refractivity contribution in [3.8, 4) is 5.75 Å². The summed E-state index contributed by atoms with van der Waals surface area (Å²) in [7, 11) is 0. The average molecular weight is 396 g/mol. The number of rotatable bonds is 10. The van der Waals surface area contributed by atoms with Crippen LogP contribution >= 0.6 is 23.4 Å². The summed E-state index contributed by atoms with van der Waals surface area (Å²) < 4.78 is 7.70. The van der Waals surface area contributed by atoms with E-state index < -0.39 is 5.97 Å². The quantitative estimate of drug-likeness (QED) is 0.373. The molecule has 0 amide bonds. The van der Waals surface area contributed by atoms with E-state index in [1.807, 2.05) is 30.5 Å². The van der Waals surface area contributed by atoms with Crippen LogP contribution in [0, 0.1) is 13.8 Å². The summed E-state index contributed by atoms with van der Waals surface area (Å²) in [6, 6.07) is 3.85. The first-order chi connectivity index (χ1) is 12.4. The number of carboxylic acid groups (broad SMARTS) is 1. The van der Waals surface area contributed by atoms with Gasteiger partial charge in [0.2, 0.25) is 0 Å². The zero-order valence-electron chi connectivity index (χ0n) is 14.9. The molecule has 6 nitrogen and oxygen atoms in total. The highest BCUT2D eigenvalue weighted by molar-refractivity contribution is 7.99. The van der Waals surface area contributed by atoms with Gasteiger partial charge in [-0.15, -0.1) is 16.8 Å². The highest BCUT2D eigenvalue weighted by Crippen LogP contribution is 2.26. The van der Waals surface area contributed by atoms with E-state index in [0.717, 1.165) is 45.9 Å². The predicted octanol–water partition coefficient (Wildman–Crippen LogP) is 3.92. The molecule has 8 heteroatoms. The summed E-state index contributed by atoms with van der Waals surface area (Å²) in [5.41, 5.74) is 1.99. The SMILES string of the molecule is C=CCn1c(CCCOc2cc(C)c(Cl)c(C)c2)nnc1SCC(=O)O. The monoisotopic (exact) mass is 395 g/mol. The molecule has 0 bridgehead atoms. The molecule has 0 saturated heterocycles. The van der Waals surface area contributed by atoms with E-state index in [0.29, 0.717) is 24.7 Å². The fraction of sp³-hybridized carbons (Fsp3) is 0.389. The zero-order valence-corrected chi connectivity index (χ0v) is 16.4. The standard InChI is InChI=1S/C18H22ClN3O3S/c1-4-7-22-15(20-21-18(22)26-11-16(23)24)6-5-8-25-14-9-12(2)17(19)13(3)10-14/h4,9-10H,1,5-8,11H2,2-3H3,(H,23,24). The number of hydrogen-bond acceptors (Lipinski definition) is 5. The lowest BCUT2D eigenvalue weighted by molar-refractivity contribution is -0.133. The van der Waals surface area contributed by atoms with Crippen LogP contribution in [0.2, 0.25) is 5.02 Å². The molecule has 1 heterocycles. The minimum atomic E-state index is -0.883. The van der Waals surface area contributed by atoms with Crippen LogP contribution in [0.4, 0.5) is 0 Å². The first kappa shape index (κ1) is 20.3. The first-order valence-electron chi connectivity index (χ1n) is 8.19. The van der Waals surface area contributed by atoms with Gasteiger partial charge in [0.1, 0.15) is 11.6 Å². The van der Waals surface area contributed by atoms with Gasteiger partial charge in [0.15, 0.2) is 5.16 Å². The lowest BCUT2D eigenvalue weighted by atomic mass is 10.1. The Bertz CT molecular complexity index is 769. The van der Waals surface area contributed by atoms with Crippen LogP contribution in [0.3, 0.4) is 0 Å². The Morgan fingerprint density at radius 1 is 1.38 bits per heavy atom. The van der Waals surface area contributed by atoms with E-state index in [9.17, 15) is 4.79 Å². The van der Waals surface area contributed by atoms with E-state index in [1.165, 1.54) is 0 Å². The number of carboxylic acids is 1. The Morgan fingerprint density at radius 3 is 2.69 bits per heavy atom. The van der Waals surface area contributed by atoms with Crippen LogP contribution in [-0.2, 0) is 17.8 Å². The van der Waals surface area contributed by atoms with E-state index in [-0.39, 0.29) is 5.75 Å². The van der Waals surface area contributed by atoms with Crippen LogP contribution < -0.4 is 4.74 Å². The van der Waals surface area contributed by atoms with Crippen LogP contribution in [0.15, 0.2) is 29.9 Å². The summed E-state index contributed by atoms with van der Waals surface area (Å²) in [4.78, 5) is 10.7. The number of ether oxygens (including phenoxy) is 1. The molecular weight excluding hydrogens is 374 g/mol. The molecule has 140 valence electrons. The molecule has 1 aromatic carbocycles. The van der Waals surface area contributed by atoms with Crippen molar-refractivity contribution in [2.24, 2.45) is 0 Å². The summed E-state index contributed by atoms with van der Waals surface area (Å²) in [5, 5.41) is 18.4. The van der Waals surface area contributed by atoms with Crippen molar-refractivity contribution in [3.05, 3.63) is 46.8 Å². The van der Waals surface area contributed by atoms with Crippen molar-refractivity contribution in [3.63, 3.8) is 0 Å². The zero-order chi connectivity index (χ0) is 19.1. The number of aryl methyl sites for hydroxylation is 3.